The Morgan fingerprint density at radius 1 is 0.493 bits per heavy atom. The first kappa shape index (κ1) is 48.6. The van der Waals surface area contributed by atoms with Gasteiger partial charge in [-0.3, -0.25) is 0 Å². The number of nitrogens with zero attached hydrogens (tertiary/aromatic N) is 2. The molecule has 75 heavy (non-hydrogen) atoms. The maximum Gasteiger partial charge on any atom is 0.297 e. The molecule has 3 aliphatic heterocycles. The Balaban J connectivity index is 1.19. The van der Waals surface area contributed by atoms with Crippen LogP contribution in [0.5, 0.6) is 0 Å². The van der Waals surface area contributed by atoms with Crippen LogP contribution in [-0.4, -0.2) is 14.8 Å². The zero-order valence-corrected chi connectivity index (χ0v) is 48.8. The highest BCUT2D eigenvalue weighted by Crippen LogP contribution is 2.54. The Labute approximate surface area is 449 Å². The van der Waals surface area contributed by atoms with Crippen molar-refractivity contribution in [1.29, 1.82) is 0 Å². The first-order valence-corrected chi connectivity index (χ1v) is 31.2. The van der Waals surface area contributed by atoms with Crippen LogP contribution in [0.2, 0.25) is 13.1 Å². The normalized spacial score (nSPS) is 18.9. The Kier molecular flexibility index (Phi) is 10.1. The summed E-state index contributed by atoms with van der Waals surface area (Å²) < 4.78 is 7.77. The quantitative estimate of drug-likeness (QED) is 0.164. The van der Waals surface area contributed by atoms with Gasteiger partial charge in [-0.2, -0.15) is 0 Å². The molecule has 0 radical (unpaired) electrons. The maximum absolute atomic E-state index is 7.77. The lowest BCUT2D eigenvalue weighted by Crippen LogP contribution is -2.61. The third-order valence-electron chi connectivity index (χ3n) is 19.5. The minimum absolute atomic E-state index is 0.0184. The van der Waals surface area contributed by atoms with E-state index in [2.05, 4.69) is 247 Å². The van der Waals surface area contributed by atoms with Gasteiger partial charge in [0.2, 0.25) is 0 Å². The summed E-state index contributed by atoms with van der Waals surface area (Å²) in [5.41, 5.74) is 25.9. The maximum atomic E-state index is 7.77. The van der Waals surface area contributed by atoms with Crippen LogP contribution in [0.25, 0.3) is 33.2 Å². The Bertz CT molecular complexity index is 3740. The molecule has 0 saturated carbocycles. The van der Waals surface area contributed by atoms with Crippen molar-refractivity contribution >= 4 is 86.8 Å². The molecule has 5 heteroatoms. The van der Waals surface area contributed by atoms with Crippen LogP contribution in [0.15, 0.2) is 132 Å². The second kappa shape index (κ2) is 15.6. The number of furan rings is 1. The zero-order valence-electron chi connectivity index (χ0n) is 47.8. The fourth-order valence-corrected chi connectivity index (χ4v) is 18.1. The number of rotatable bonds is 3. The van der Waals surface area contributed by atoms with Crippen molar-refractivity contribution in [1.82, 2.24) is 0 Å². The molecule has 1 aromatic heterocycles. The van der Waals surface area contributed by atoms with Gasteiger partial charge in [0.25, 0.3) is 6.71 Å². The Morgan fingerprint density at radius 3 is 1.69 bits per heavy atom. The largest absolute Gasteiger partial charge is 0.468 e. The molecule has 0 spiro atoms. The number of benzene rings is 7. The molecule has 3 nitrogen and oxygen atoms in total. The van der Waals surface area contributed by atoms with Crippen molar-refractivity contribution in [3.05, 3.63) is 161 Å². The summed E-state index contributed by atoms with van der Waals surface area (Å²) in [6, 6.07) is 51.0. The first-order chi connectivity index (χ1) is 35.2. The van der Waals surface area contributed by atoms with Gasteiger partial charge in [0, 0.05) is 33.8 Å². The van der Waals surface area contributed by atoms with Crippen molar-refractivity contribution in [3.8, 4) is 22.3 Å². The van der Waals surface area contributed by atoms with Gasteiger partial charge in [-0.15, -0.1) is 0 Å². The number of fused-ring (bicyclic) bond motifs is 11. The van der Waals surface area contributed by atoms with E-state index in [0.717, 1.165) is 30.5 Å². The molecule has 380 valence electrons. The summed E-state index contributed by atoms with van der Waals surface area (Å²) in [6.07, 6.45) is 4.62. The van der Waals surface area contributed by atoms with E-state index in [-0.39, 0.29) is 39.2 Å². The molecule has 8 aromatic rings. The standard InChI is InChI=1S/C70H77BN2OSi/c1-65(2,3)43-24-27-45(28-25-43)72-56-31-26-44(66(4,5)6)38-55(56)71-61-57(72)36-42(47-21-19-22-49-48-20-17-18-23-60(48)75(15,16)63(47)49)37-58(61)73(46-29-30-51-52(39-46)68(9,10)33-32-67(51,7)8)62-50-40-53-54(41-59(50)74-64(62)71)70(13,14)35-34-69(53,11)12/h17-31,36-41H,32-35H2,1-16H3. The molecule has 7 aromatic carbocycles. The molecule has 0 N–H and O–H groups in total. The molecular weight excluding hydrogens is 924 g/mol. The van der Waals surface area contributed by atoms with E-state index in [1.807, 2.05) is 0 Å². The lowest BCUT2D eigenvalue weighted by atomic mass is 9.35. The van der Waals surface area contributed by atoms with Gasteiger partial charge >= 0.3 is 0 Å². The summed E-state index contributed by atoms with van der Waals surface area (Å²) >= 11 is 0. The van der Waals surface area contributed by atoms with Crippen molar-refractivity contribution in [2.75, 3.05) is 9.80 Å². The predicted molar refractivity (Wildman–Crippen MR) is 326 cm³/mol. The molecule has 0 saturated heterocycles. The van der Waals surface area contributed by atoms with E-state index >= 15 is 0 Å². The SMILES string of the molecule is CC(C)(C)c1ccc(N2c3ccc(C(C)(C)C)cc3B3c4oc5cc6c(cc5c4N(c4ccc5c(c4)C(C)(C)CCC5(C)C)c4cc(-c5cccc7c5[Si](C)(C)c5ccccc5-7)cc2c43)C(C)(C)CCC6(C)C)cc1. The molecule has 0 amide bonds. The van der Waals surface area contributed by atoms with Gasteiger partial charge < -0.3 is 14.2 Å². The van der Waals surface area contributed by atoms with Gasteiger partial charge in [0.15, 0.2) is 0 Å². The second-order valence-corrected chi connectivity index (χ2v) is 33.0. The van der Waals surface area contributed by atoms with Crippen LogP contribution in [-0.2, 0) is 32.5 Å². The van der Waals surface area contributed by atoms with Crippen molar-refractivity contribution in [3.63, 3.8) is 0 Å². The van der Waals surface area contributed by atoms with Gasteiger partial charge in [0.05, 0.1) is 11.3 Å². The summed E-state index contributed by atoms with van der Waals surface area (Å²) in [7, 11) is -2.15. The third-order valence-corrected chi connectivity index (χ3v) is 23.0. The molecule has 0 fully saturated rings. The highest BCUT2D eigenvalue weighted by atomic mass is 28.3. The van der Waals surface area contributed by atoms with Crippen LogP contribution in [0, 0.1) is 0 Å². The Hall–Kier alpha value is -6.04. The number of anilines is 6. The fourth-order valence-electron chi connectivity index (χ4n) is 14.6. The van der Waals surface area contributed by atoms with Crippen LogP contribution >= 0.6 is 0 Å². The molecule has 13 rings (SSSR count). The molecule has 5 aliphatic rings. The molecule has 0 unspecified atom stereocenters. The highest BCUT2D eigenvalue weighted by Gasteiger charge is 2.50. The molecule has 2 aliphatic carbocycles. The molecule has 4 heterocycles. The lowest BCUT2D eigenvalue weighted by Gasteiger charge is -2.45. The van der Waals surface area contributed by atoms with E-state index < -0.39 is 8.07 Å². The van der Waals surface area contributed by atoms with E-state index in [9.17, 15) is 0 Å². The minimum atomic E-state index is -2.15. The van der Waals surface area contributed by atoms with Gasteiger partial charge in [-0.1, -0.05) is 183 Å². The minimum Gasteiger partial charge on any atom is -0.468 e. The monoisotopic (exact) mass is 1000 g/mol. The molecule has 0 atom stereocenters. The first-order valence-electron chi connectivity index (χ1n) is 28.2. The van der Waals surface area contributed by atoms with Crippen molar-refractivity contribution in [2.45, 2.75) is 168 Å². The number of hydrogen-bond donors (Lipinski definition) is 0. The smallest absolute Gasteiger partial charge is 0.297 e. The van der Waals surface area contributed by atoms with E-state index in [0.29, 0.717) is 0 Å². The van der Waals surface area contributed by atoms with Crippen LogP contribution in [0.4, 0.5) is 34.1 Å². The second-order valence-electron chi connectivity index (χ2n) is 28.7. The lowest BCUT2D eigenvalue weighted by molar-refractivity contribution is 0.332. The van der Waals surface area contributed by atoms with Crippen LogP contribution < -0.4 is 36.8 Å². The number of hydrogen-bond acceptors (Lipinski definition) is 3. The van der Waals surface area contributed by atoms with E-state index in [1.165, 1.54) is 123 Å². The fraction of sp³-hybridized carbons (Fsp3) is 0.371. The molecular formula is C70H77BN2OSi. The summed E-state index contributed by atoms with van der Waals surface area (Å²) in [6.45, 7) is 38.7. The highest BCUT2D eigenvalue weighted by molar-refractivity contribution is 7.04. The van der Waals surface area contributed by atoms with Crippen molar-refractivity contribution in [2.24, 2.45) is 0 Å². The average molecular weight is 1000 g/mol. The van der Waals surface area contributed by atoms with Crippen molar-refractivity contribution < 1.29 is 4.42 Å². The van der Waals surface area contributed by atoms with Gasteiger partial charge in [-0.05, 0) is 190 Å². The topological polar surface area (TPSA) is 19.6 Å². The summed E-state index contributed by atoms with van der Waals surface area (Å²) in [5.74, 6) is 0. The predicted octanol–water partition coefficient (Wildman–Crippen LogP) is 16.3. The van der Waals surface area contributed by atoms with Gasteiger partial charge in [-0.25, -0.2) is 0 Å². The summed E-state index contributed by atoms with van der Waals surface area (Å²) in [5, 5.41) is 4.27. The zero-order chi connectivity index (χ0) is 52.9. The van der Waals surface area contributed by atoms with Gasteiger partial charge in [0.1, 0.15) is 13.7 Å². The summed E-state index contributed by atoms with van der Waals surface area (Å²) in [4.78, 5) is 5.30. The van der Waals surface area contributed by atoms with Crippen LogP contribution in [0.1, 0.15) is 156 Å². The van der Waals surface area contributed by atoms with E-state index in [1.54, 1.807) is 0 Å². The molecule has 0 bridgehead atoms. The van der Waals surface area contributed by atoms with E-state index in [4.69, 9.17) is 4.42 Å². The third kappa shape index (κ3) is 7.04. The average Bonchev–Trinajstić information content (AvgIpc) is 3.84. The Morgan fingerprint density at radius 2 is 1.04 bits per heavy atom. The van der Waals surface area contributed by atoms with Crippen LogP contribution in [0.3, 0.4) is 0 Å².